The minimum atomic E-state index is -0.512. The molecule has 326 valence electrons. The summed E-state index contributed by atoms with van der Waals surface area (Å²) in [5.74, 6) is 0.499. The van der Waals surface area contributed by atoms with Crippen molar-refractivity contribution in [2.45, 2.75) is 104 Å². The molecular formula is C44H75FeN5O7. The van der Waals surface area contributed by atoms with Crippen LogP contribution in [0.5, 0.6) is 0 Å². The number of ketones is 1. The van der Waals surface area contributed by atoms with E-state index in [-0.39, 0.29) is 43.1 Å². The van der Waals surface area contributed by atoms with Gasteiger partial charge in [-0.3, -0.25) is 9.59 Å². The third-order valence-corrected chi connectivity index (χ3v) is 10.3. The summed E-state index contributed by atoms with van der Waals surface area (Å²) >= 11 is 0. The molecule has 0 saturated heterocycles. The van der Waals surface area contributed by atoms with Crippen LogP contribution in [0, 0.1) is 33.1 Å². The minimum absolute atomic E-state index is 0. The first-order valence-corrected chi connectivity index (χ1v) is 20.6. The van der Waals surface area contributed by atoms with Gasteiger partial charge in [-0.25, -0.2) is 4.68 Å². The van der Waals surface area contributed by atoms with Gasteiger partial charge in [0.1, 0.15) is 0 Å². The molecule has 1 amide bonds. The molecule has 1 aromatic heterocycles. The molecule has 2 saturated carbocycles. The van der Waals surface area contributed by atoms with E-state index in [0.29, 0.717) is 89.2 Å². The Balaban J connectivity index is 0.00000188. The SMILES string of the molecule is C1CCCC1.Cc1nn(-c2ccc(C(N)=O)c(NCCCOCCOCCOCCOCCOCCCNCC3CCCC3)c2)c2c1C(=O)CC(C)(C)C2.[CH3-].[CH3-].[Fe+2]. The number of Topliss-reactive ketones (excluding diaryl/α,β-unsaturated/α-hetero) is 1. The Morgan fingerprint density at radius 2 is 1.30 bits per heavy atom. The molecule has 3 aliphatic carbocycles. The van der Waals surface area contributed by atoms with Crippen molar-refractivity contribution < 1.29 is 50.3 Å². The van der Waals surface area contributed by atoms with Crippen LogP contribution in [0.1, 0.15) is 123 Å². The molecule has 0 unspecified atom stereocenters. The molecule has 13 heteroatoms. The average Bonchev–Trinajstić information content (AvgIpc) is 3.94. The fraction of sp³-hybridized carbons (Fsp3) is 0.705. The van der Waals surface area contributed by atoms with Crippen LogP contribution in [-0.4, -0.2) is 107 Å². The van der Waals surface area contributed by atoms with E-state index in [1.54, 1.807) is 6.07 Å². The monoisotopic (exact) mass is 842 g/mol. The zero-order chi connectivity index (χ0) is 38.4. The first kappa shape index (κ1) is 52.7. The van der Waals surface area contributed by atoms with Gasteiger partial charge in [-0.1, -0.05) is 58.8 Å². The normalized spacial score (nSPS) is 15.8. The van der Waals surface area contributed by atoms with E-state index in [4.69, 9.17) is 34.5 Å². The Morgan fingerprint density at radius 3 is 1.82 bits per heavy atom. The van der Waals surface area contributed by atoms with Crippen molar-refractivity contribution >= 4 is 17.4 Å². The third-order valence-electron chi connectivity index (χ3n) is 10.3. The molecule has 2 aromatic rings. The second kappa shape index (κ2) is 29.8. The van der Waals surface area contributed by atoms with Gasteiger partial charge in [0, 0.05) is 31.9 Å². The maximum atomic E-state index is 12.8. The van der Waals surface area contributed by atoms with E-state index in [1.165, 1.54) is 57.8 Å². The van der Waals surface area contributed by atoms with Crippen LogP contribution in [-0.2, 0) is 47.2 Å². The number of rotatable bonds is 25. The molecule has 3 aliphatic rings. The summed E-state index contributed by atoms with van der Waals surface area (Å²) in [5, 5.41) is 11.6. The van der Waals surface area contributed by atoms with Crippen molar-refractivity contribution in [2.24, 2.45) is 17.1 Å². The fourth-order valence-electron chi connectivity index (χ4n) is 7.46. The number of carbonyl (C=O) groups is 2. The van der Waals surface area contributed by atoms with E-state index in [0.717, 1.165) is 62.0 Å². The number of nitrogens with zero attached hydrogens (tertiary/aromatic N) is 2. The molecule has 0 aliphatic heterocycles. The van der Waals surface area contributed by atoms with Crippen molar-refractivity contribution in [1.82, 2.24) is 15.1 Å². The summed E-state index contributed by atoms with van der Waals surface area (Å²) < 4.78 is 29.8. The van der Waals surface area contributed by atoms with Crippen LogP contribution in [0.15, 0.2) is 18.2 Å². The molecule has 5 rings (SSSR count). The molecule has 0 atom stereocenters. The van der Waals surface area contributed by atoms with Gasteiger partial charge in [0.25, 0.3) is 5.91 Å². The van der Waals surface area contributed by atoms with E-state index in [1.807, 2.05) is 23.7 Å². The van der Waals surface area contributed by atoms with Gasteiger partial charge < -0.3 is 54.9 Å². The Kier molecular flexibility index (Phi) is 27.5. The van der Waals surface area contributed by atoms with Crippen molar-refractivity contribution in [1.29, 1.82) is 0 Å². The minimum Gasteiger partial charge on any atom is -0.384 e. The summed E-state index contributed by atoms with van der Waals surface area (Å²) in [6.07, 6.45) is 16.1. The first-order chi connectivity index (χ1) is 26.2. The number of ether oxygens (including phenoxy) is 5. The summed E-state index contributed by atoms with van der Waals surface area (Å²) in [4.78, 5) is 25.0. The summed E-state index contributed by atoms with van der Waals surface area (Å²) in [7, 11) is 0. The molecule has 1 heterocycles. The van der Waals surface area contributed by atoms with Crippen LogP contribution in [0.2, 0.25) is 0 Å². The molecule has 57 heavy (non-hydrogen) atoms. The van der Waals surface area contributed by atoms with E-state index < -0.39 is 5.91 Å². The van der Waals surface area contributed by atoms with Gasteiger partial charge in [0.05, 0.1) is 81.1 Å². The topological polar surface area (TPSA) is 148 Å². The van der Waals surface area contributed by atoms with Crippen LogP contribution < -0.4 is 16.4 Å². The number of primary amides is 1. The van der Waals surface area contributed by atoms with Crippen LogP contribution in [0.25, 0.3) is 5.69 Å². The van der Waals surface area contributed by atoms with Gasteiger partial charge in [-0.2, -0.15) is 5.10 Å². The number of carbonyl (C=O) groups excluding carboxylic acids is 2. The Labute approximate surface area is 355 Å². The number of nitrogens with two attached hydrogens (primary N) is 1. The smallest absolute Gasteiger partial charge is 0.384 e. The van der Waals surface area contributed by atoms with Crippen molar-refractivity contribution in [3.8, 4) is 5.69 Å². The number of amides is 1. The van der Waals surface area contributed by atoms with E-state index >= 15 is 0 Å². The number of aryl methyl sites for hydroxylation is 1. The maximum Gasteiger partial charge on any atom is 2.00 e. The maximum absolute atomic E-state index is 12.8. The number of anilines is 1. The van der Waals surface area contributed by atoms with Crippen molar-refractivity contribution in [2.75, 3.05) is 91.0 Å². The number of aromatic nitrogens is 2. The van der Waals surface area contributed by atoms with Crippen LogP contribution in [0.3, 0.4) is 0 Å². The summed E-state index contributed by atoms with van der Waals surface area (Å²) in [5.41, 5.74) is 9.68. The fourth-order valence-corrected chi connectivity index (χ4v) is 7.46. The Bertz CT molecular complexity index is 1390. The summed E-state index contributed by atoms with van der Waals surface area (Å²) in [6, 6.07) is 5.40. The second-order valence-corrected chi connectivity index (χ2v) is 15.7. The molecule has 4 N–H and O–H groups in total. The molecule has 2 fully saturated rings. The zero-order valence-electron chi connectivity index (χ0n) is 35.9. The third kappa shape index (κ3) is 19.5. The predicted octanol–water partition coefficient (Wildman–Crippen LogP) is 7.34. The summed E-state index contributed by atoms with van der Waals surface area (Å²) in [6.45, 7) is 14.4. The van der Waals surface area contributed by atoms with Crippen molar-refractivity contribution in [3.63, 3.8) is 0 Å². The van der Waals surface area contributed by atoms with Gasteiger partial charge in [0.2, 0.25) is 0 Å². The molecule has 0 radical (unpaired) electrons. The number of benzene rings is 1. The quantitative estimate of drug-likeness (QED) is 0.0527. The van der Waals surface area contributed by atoms with Gasteiger partial charge >= 0.3 is 17.1 Å². The van der Waals surface area contributed by atoms with E-state index in [9.17, 15) is 9.59 Å². The predicted molar refractivity (Wildman–Crippen MR) is 226 cm³/mol. The molecule has 0 bridgehead atoms. The number of fused-ring (bicyclic) bond motifs is 1. The van der Waals surface area contributed by atoms with Gasteiger partial charge in [-0.05, 0) is 81.6 Å². The molecule has 12 nitrogen and oxygen atoms in total. The molecule has 1 aromatic carbocycles. The van der Waals surface area contributed by atoms with Gasteiger partial charge in [-0.15, -0.1) is 0 Å². The second-order valence-electron chi connectivity index (χ2n) is 15.7. The zero-order valence-corrected chi connectivity index (χ0v) is 37.0. The standard InChI is InChI=1S/C37H59N5O7.C5H10.2CH3.Fe/c1-28-35-33(25-37(2,3)26-34(35)43)42(41-28)30-10-11-31(36(38)44)32(24-30)40-13-7-15-46-17-19-48-21-23-49-22-20-47-18-16-45-14-6-12-39-27-29-8-4-5-9-29;1-2-4-5-3-1;;;/h10-11,24,29,39-40H,4-9,12-23,25-27H2,1-3H3,(H2,38,44);1-5H2;2*1H3;/q;;2*-1;+2. The number of nitrogens with one attached hydrogen (secondary N) is 2. The van der Waals surface area contributed by atoms with Crippen LogP contribution in [0.4, 0.5) is 5.69 Å². The van der Waals surface area contributed by atoms with E-state index in [2.05, 4.69) is 24.5 Å². The number of hydrogen-bond donors (Lipinski definition) is 3. The number of hydrogen-bond acceptors (Lipinski definition) is 10. The molecular weight excluding hydrogens is 766 g/mol. The largest absolute Gasteiger partial charge is 2.00 e. The first-order valence-electron chi connectivity index (χ1n) is 20.6. The Hall–Kier alpha value is -2.35. The van der Waals surface area contributed by atoms with Crippen molar-refractivity contribution in [3.05, 3.63) is 55.6 Å². The average molecular weight is 842 g/mol. The molecule has 0 spiro atoms. The Morgan fingerprint density at radius 1 is 0.789 bits per heavy atom. The van der Waals surface area contributed by atoms with Gasteiger partial charge in [0.15, 0.2) is 5.78 Å². The van der Waals surface area contributed by atoms with Crippen LogP contribution >= 0.6 is 0 Å².